The number of para-hydroxylation sites is 2. The zero-order valence-corrected chi connectivity index (χ0v) is 18.6. The first-order valence-electron chi connectivity index (χ1n) is 8.14. The SMILES string of the molecule is I.NC(=NCCNS(=O)(=O)c1cccc([N+](=O)[O-])c1)Nc1ccccc1OC(F)(F)F. The first-order valence-corrected chi connectivity index (χ1v) is 9.62. The lowest BCUT2D eigenvalue weighted by atomic mass is 10.3. The summed E-state index contributed by atoms with van der Waals surface area (Å²) in [7, 11) is -4.03. The average molecular weight is 575 g/mol. The van der Waals surface area contributed by atoms with Crippen LogP contribution in [0.3, 0.4) is 0 Å². The van der Waals surface area contributed by atoms with E-state index >= 15 is 0 Å². The Morgan fingerprint density at radius 3 is 2.52 bits per heavy atom. The van der Waals surface area contributed by atoms with E-state index in [1.54, 1.807) is 0 Å². The Hall–Kier alpha value is -2.66. The Morgan fingerprint density at radius 1 is 1.19 bits per heavy atom. The van der Waals surface area contributed by atoms with Crippen molar-refractivity contribution in [2.24, 2.45) is 10.7 Å². The smallest absolute Gasteiger partial charge is 0.404 e. The molecule has 0 radical (unpaired) electrons. The topological polar surface area (TPSA) is 149 Å². The number of rotatable bonds is 8. The van der Waals surface area contributed by atoms with Crippen LogP contribution < -0.4 is 20.5 Å². The number of aliphatic imine (C=N–C) groups is 1. The molecule has 0 aliphatic heterocycles. The van der Waals surface area contributed by atoms with Crippen molar-refractivity contribution in [3.63, 3.8) is 0 Å². The van der Waals surface area contributed by atoms with Gasteiger partial charge in [-0.25, -0.2) is 13.1 Å². The number of anilines is 1. The number of nitro groups is 1. The average Bonchev–Trinajstić information content (AvgIpc) is 2.66. The number of non-ortho nitro benzene ring substituents is 1. The number of halogens is 4. The molecule has 31 heavy (non-hydrogen) atoms. The Balaban J connectivity index is 0.00000480. The van der Waals surface area contributed by atoms with E-state index in [2.05, 4.69) is 19.8 Å². The molecule has 4 N–H and O–H groups in total. The molecule has 0 unspecified atom stereocenters. The molecular formula is C16H17F3IN5O5S. The summed E-state index contributed by atoms with van der Waals surface area (Å²) in [5, 5.41) is 13.2. The highest BCUT2D eigenvalue weighted by atomic mass is 127. The van der Waals surface area contributed by atoms with Gasteiger partial charge in [0.2, 0.25) is 10.0 Å². The minimum atomic E-state index is -4.89. The second-order valence-electron chi connectivity index (χ2n) is 5.59. The van der Waals surface area contributed by atoms with Gasteiger partial charge in [0.05, 0.1) is 22.1 Å². The van der Waals surface area contributed by atoms with Gasteiger partial charge in [-0.2, -0.15) is 0 Å². The van der Waals surface area contributed by atoms with E-state index in [1.807, 2.05) is 0 Å². The fourth-order valence-corrected chi connectivity index (χ4v) is 3.23. The van der Waals surface area contributed by atoms with Crippen LogP contribution in [-0.2, 0) is 10.0 Å². The van der Waals surface area contributed by atoms with Crippen molar-refractivity contribution in [1.82, 2.24) is 4.72 Å². The molecule has 15 heteroatoms. The van der Waals surface area contributed by atoms with Gasteiger partial charge >= 0.3 is 6.36 Å². The van der Waals surface area contributed by atoms with Gasteiger partial charge in [0.25, 0.3) is 5.69 Å². The van der Waals surface area contributed by atoms with E-state index in [0.717, 1.165) is 18.2 Å². The Bertz CT molecular complexity index is 1050. The first-order chi connectivity index (χ1) is 14.0. The predicted octanol–water partition coefficient (Wildman–Crippen LogP) is 2.82. The summed E-state index contributed by atoms with van der Waals surface area (Å²) >= 11 is 0. The number of nitro benzene ring substituents is 1. The van der Waals surface area contributed by atoms with Crippen LogP contribution in [0, 0.1) is 10.1 Å². The third-order valence-corrected chi connectivity index (χ3v) is 4.86. The second kappa shape index (κ2) is 11.1. The molecular weight excluding hydrogens is 558 g/mol. The van der Waals surface area contributed by atoms with Crippen LogP contribution in [-0.4, -0.2) is 38.8 Å². The number of sulfonamides is 1. The van der Waals surface area contributed by atoms with Crippen molar-refractivity contribution in [2.45, 2.75) is 11.3 Å². The summed E-state index contributed by atoms with van der Waals surface area (Å²) in [6, 6.07) is 9.62. The molecule has 170 valence electrons. The van der Waals surface area contributed by atoms with E-state index in [0.29, 0.717) is 0 Å². The van der Waals surface area contributed by atoms with Crippen LogP contribution in [0.25, 0.3) is 0 Å². The third kappa shape index (κ3) is 8.54. The summed E-state index contributed by atoms with van der Waals surface area (Å²) in [5.41, 5.74) is 5.13. The van der Waals surface area contributed by atoms with Gasteiger partial charge in [0, 0.05) is 18.7 Å². The number of alkyl halides is 3. The van der Waals surface area contributed by atoms with Gasteiger partial charge in [-0.15, -0.1) is 37.1 Å². The summed E-state index contributed by atoms with van der Waals surface area (Å²) in [6.07, 6.45) is -4.89. The Morgan fingerprint density at radius 2 is 1.87 bits per heavy atom. The van der Waals surface area contributed by atoms with Gasteiger partial charge in [-0.3, -0.25) is 15.1 Å². The molecule has 0 aliphatic carbocycles. The zero-order chi connectivity index (χ0) is 22.4. The minimum Gasteiger partial charge on any atom is -0.404 e. The lowest BCUT2D eigenvalue weighted by Crippen LogP contribution is -2.29. The second-order valence-corrected chi connectivity index (χ2v) is 7.36. The molecule has 2 rings (SSSR count). The number of nitrogens with one attached hydrogen (secondary N) is 2. The van der Waals surface area contributed by atoms with E-state index < -0.39 is 27.1 Å². The molecule has 0 saturated heterocycles. The van der Waals surface area contributed by atoms with Gasteiger partial charge in [-0.1, -0.05) is 18.2 Å². The highest BCUT2D eigenvalue weighted by molar-refractivity contribution is 14.0. The van der Waals surface area contributed by atoms with Crippen LogP contribution >= 0.6 is 24.0 Å². The molecule has 0 heterocycles. The molecule has 0 spiro atoms. The number of benzene rings is 2. The molecule has 0 aromatic heterocycles. The molecule has 0 amide bonds. The van der Waals surface area contributed by atoms with E-state index in [-0.39, 0.29) is 59.3 Å². The number of nitrogens with two attached hydrogens (primary N) is 1. The van der Waals surface area contributed by atoms with Crippen molar-refractivity contribution in [1.29, 1.82) is 0 Å². The van der Waals surface area contributed by atoms with Crippen molar-refractivity contribution in [3.05, 3.63) is 58.6 Å². The van der Waals surface area contributed by atoms with Gasteiger partial charge < -0.3 is 15.8 Å². The molecule has 0 aliphatic rings. The van der Waals surface area contributed by atoms with Crippen LogP contribution in [0.1, 0.15) is 0 Å². The number of hydrogen-bond acceptors (Lipinski definition) is 6. The van der Waals surface area contributed by atoms with E-state index in [4.69, 9.17) is 5.73 Å². The Kier molecular flexibility index (Phi) is 9.44. The fourth-order valence-electron chi connectivity index (χ4n) is 2.17. The van der Waals surface area contributed by atoms with E-state index in [9.17, 15) is 31.7 Å². The van der Waals surface area contributed by atoms with Crippen molar-refractivity contribution in [2.75, 3.05) is 18.4 Å². The largest absolute Gasteiger partial charge is 0.573 e. The van der Waals surface area contributed by atoms with E-state index in [1.165, 1.54) is 30.3 Å². The lowest BCUT2D eigenvalue weighted by molar-refractivity contribution is -0.385. The highest BCUT2D eigenvalue weighted by Gasteiger charge is 2.32. The number of guanidine groups is 1. The maximum atomic E-state index is 12.4. The monoisotopic (exact) mass is 575 g/mol. The van der Waals surface area contributed by atoms with Crippen LogP contribution in [0.5, 0.6) is 5.75 Å². The maximum Gasteiger partial charge on any atom is 0.573 e. The highest BCUT2D eigenvalue weighted by Crippen LogP contribution is 2.29. The predicted molar refractivity (Wildman–Crippen MR) is 117 cm³/mol. The standard InChI is InChI=1S/C16H16F3N5O5S.HI/c17-16(18,19)29-14-7-2-1-6-13(14)23-15(20)21-8-9-22-30(27,28)12-5-3-4-11(10-12)24(25)26;/h1-7,10,22H,8-9H2,(H3,20,21,23);1H. The molecule has 10 nitrogen and oxygen atoms in total. The number of nitrogens with zero attached hydrogens (tertiary/aromatic N) is 2. The summed E-state index contributed by atoms with van der Waals surface area (Å²) < 4.78 is 67.6. The molecule has 0 saturated carbocycles. The normalized spacial score (nSPS) is 12.0. The van der Waals surface area contributed by atoms with Crippen LogP contribution in [0.4, 0.5) is 24.5 Å². The van der Waals surface area contributed by atoms with Gasteiger partial charge in [0.1, 0.15) is 0 Å². The fraction of sp³-hybridized carbons (Fsp3) is 0.188. The van der Waals surface area contributed by atoms with Crippen LogP contribution in [0.15, 0.2) is 58.4 Å². The number of ether oxygens (including phenoxy) is 1. The van der Waals surface area contributed by atoms with Gasteiger partial charge in [0.15, 0.2) is 11.7 Å². The molecule has 0 fully saturated rings. The Labute approximate surface area is 191 Å². The third-order valence-electron chi connectivity index (χ3n) is 3.40. The molecule has 2 aromatic rings. The maximum absolute atomic E-state index is 12.4. The van der Waals surface area contributed by atoms with Crippen LogP contribution in [0.2, 0.25) is 0 Å². The molecule has 0 bridgehead atoms. The van der Waals surface area contributed by atoms with Gasteiger partial charge in [-0.05, 0) is 18.2 Å². The van der Waals surface area contributed by atoms with Crippen molar-refractivity contribution >= 4 is 51.3 Å². The van der Waals surface area contributed by atoms with Crippen molar-refractivity contribution in [3.8, 4) is 5.75 Å². The summed E-state index contributed by atoms with van der Waals surface area (Å²) in [4.78, 5) is 13.5. The molecule has 0 atom stereocenters. The summed E-state index contributed by atoms with van der Waals surface area (Å²) in [6.45, 7) is -0.372. The quantitative estimate of drug-likeness (QED) is 0.110. The lowest BCUT2D eigenvalue weighted by Gasteiger charge is -2.14. The molecule has 2 aromatic carbocycles. The first kappa shape index (κ1) is 26.4. The number of hydrogen-bond donors (Lipinski definition) is 3. The van der Waals surface area contributed by atoms with Crippen molar-refractivity contribution < 1.29 is 31.2 Å². The minimum absolute atomic E-state index is 0. The zero-order valence-electron chi connectivity index (χ0n) is 15.5. The summed E-state index contributed by atoms with van der Waals surface area (Å²) in [5.74, 6) is -0.794.